The Morgan fingerprint density at radius 1 is 1.19 bits per heavy atom. The molecule has 10 heteroatoms. The molecule has 1 amide bonds. The second-order valence-corrected chi connectivity index (χ2v) is 6.69. The number of aryl methyl sites for hydroxylation is 1. The van der Waals surface area contributed by atoms with Gasteiger partial charge in [0.05, 0.1) is 5.69 Å². The average molecular weight is 393 g/mol. The van der Waals surface area contributed by atoms with E-state index in [0.29, 0.717) is 10.9 Å². The van der Waals surface area contributed by atoms with Crippen LogP contribution >= 0.6 is 11.3 Å². The van der Waals surface area contributed by atoms with Crippen LogP contribution in [0.25, 0.3) is 11.4 Å². The summed E-state index contributed by atoms with van der Waals surface area (Å²) in [6.45, 7) is 0.511. The average Bonchev–Trinajstić information content (AvgIpc) is 3.00. The molecule has 3 rings (SSSR count). The van der Waals surface area contributed by atoms with Crippen molar-refractivity contribution in [3.8, 4) is 11.4 Å². The van der Waals surface area contributed by atoms with Crippen LogP contribution in [0.5, 0.6) is 0 Å². The molecule has 27 heavy (non-hydrogen) atoms. The molecule has 0 fully saturated rings. The van der Waals surface area contributed by atoms with Crippen LogP contribution in [0.2, 0.25) is 0 Å². The second kappa shape index (κ2) is 7.70. The normalized spacial score (nSPS) is 11.3. The van der Waals surface area contributed by atoms with E-state index >= 15 is 0 Å². The van der Waals surface area contributed by atoms with Crippen LogP contribution in [-0.4, -0.2) is 33.6 Å². The van der Waals surface area contributed by atoms with E-state index in [1.807, 2.05) is 30.4 Å². The van der Waals surface area contributed by atoms with Gasteiger partial charge in [0.2, 0.25) is 0 Å². The van der Waals surface area contributed by atoms with Gasteiger partial charge in [-0.2, -0.15) is 13.2 Å². The van der Waals surface area contributed by atoms with Gasteiger partial charge >= 0.3 is 6.18 Å². The smallest absolute Gasteiger partial charge is 0.343 e. The van der Waals surface area contributed by atoms with E-state index in [4.69, 9.17) is 0 Å². The molecule has 0 saturated carbocycles. The number of anilines is 2. The summed E-state index contributed by atoms with van der Waals surface area (Å²) in [6.07, 6.45) is -1.46. The fourth-order valence-electron chi connectivity index (χ4n) is 2.22. The number of hydrogen-bond acceptors (Lipinski definition) is 6. The quantitative estimate of drug-likeness (QED) is 0.686. The predicted molar refractivity (Wildman–Crippen MR) is 96.0 cm³/mol. The standard InChI is InChI=1S/C17H14F3N5OS/c1-10-14(12-4-2-3-6-21-12)25-16(27-10)24-13-8-11(5-7-22-13)15(26)23-9-17(18,19)20/h2-8H,9H2,1H3,(H,23,26)(H,22,24,25). The molecule has 0 radical (unpaired) electrons. The molecule has 0 spiro atoms. The Kier molecular flexibility index (Phi) is 5.36. The summed E-state index contributed by atoms with van der Waals surface area (Å²) in [4.78, 5) is 25.6. The summed E-state index contributed by atoms with van der Waals surface area (Å²) in [5.41, 5.74) is 1.52. The van der Waals surface area contributed by atoms with E-state index in [1.165, 1.54) is 29.7 Å². The van der Waals surface area contributed by atoms with Crippen molar-refractivity contribution in [1.82, 2.24) is 20.3 Å². The van der Waals surface area contributed by atoms with Gasteiger partial charge in [0.15, 0.2) is 5.13 Å². The van der Waals surface area contributed by atoms with Crippen molar-refractivity contribution >= 4 is 28.2 Å². The number of nitrogens with zero attached hydrogens (tertiary/aromatic N) is 3. The molecule has 140 valence electrons. The summed E-state index contributed by atoms with van der Waals surface area (Å²) in [6, 6.07) is 8.21. The Hall–Kier alpha value is -3.01. The fourth-order valence-corrected chi connectivity index (χ4v) is 3.05. The molecular formula is C17H14F3N5OS. The number of thiazole rings is 1. The van der Waals surface area contributed by atoms with Crippen LogP contribution in [0.3, 0.4) is 0 Å². The van der Waals surface area contributed by atoms with Gasteiger partial charge in [0, 0.05) is 22.8 Å². The lowest BCUT2D eigenvalue weighted by Crippen LogP contribution is -2.33. The molecule has 3 aromatic rings. The molecule has 0 bridgehead atoms. The number of alkyl halides is 3. The number of carbonyl (C=O) groups excluding carboxylic acids is 1. The van der Waals surface area contributed by atoms with Crippen molar-refractivity contribution < 1.29 is 18.0 Å². The Morgan fingerprint density at radius 3 is 2.70 bits per heavy atom. The summed E-state index contributed by atoms with van der Waals surface area (Å²) >= 11 is 1.38. The first-order valence-electron chi connectivity index (χ1n) is 7.79. The first-order valence-corrected chi connectivity index (χ1v) is 8.60. The summed E-state index contributed by atoms with van der Waals surface area (Å²) in [5, 5.41) is 5.33. The highest BCUT2D eigenvalue weighted by Gasteiger charge is 2.28. The molecule has 0 atom stereocenters. The van der Waals surface area contributed by atoms with Gasteiger partial charge in [-0.25, -0.2) is 9.97 Å². The third-order valence-electron chi connectivity index (χ3n) is 3.41. The monoisotopic (exact) mass is 393 g/mol. The highest BCUT2D eigenvalue weighted by molar-refractivity contribution is 7.16. The number of amides is 1. The van der Waals surface area contributed by atoms with Crippen LogP contribution in [0.1, 0.15) is 15.2 Å². The third kappa shape index (κ3) is 5.00. The summed E-state index contributed by atoms with van der Waals surface area (Å²) in [5.74, 6) is -0.529. The first-order chi connectivity index (χ1) is 12.8. The van der Waals surface area contributed by atoms with E-state index in [0.717, 1.165) is 16.3 Å². The largest absolute Gasteiger partial charge is 0.405 e. The summed E-state index contributed by atoms with van der Waals surface area (Å²) < 4.78 is 36.7. The van der Waals surface area contributed by atoms with E-state index in [2.05, 4.69) is 20.3 Å². The lowest BCUT2D eigenvalue weighted by molar-refractivity contribution is -0.123. The molecule has 0 saturated heterocycles. The number of halogens is 3. The third-order valence-corrected chi connectivity index (χ3v) is 4.30. The lowest BCUT2D eigenvalue weighted by atomic mass is 10.2. The Labute approximate surface area is 156 Å². The fraction of sp³-hybridized carbons (Fsp3) is 0.176. The molecule has 2 N–H and O–H groups in total. The predicted octanol–water partition coefficient (Wildman–Crippen LogP) is 3.94. The van der Waals surface area contributed by atoms with Crippen LogP contribution in [0, 0.1) is 6.92 Å². The van der Waals surface area contributed by atoms with Gasteiger partial charge in [0.25, 0.3) is 5.91 Å². The Morgan fingerprint density at radius 2 is 2.00 bits per heavy atom. The minimum atomic E-state index is -4.47. The minimum absolute atomic E-state index is 0.0648. The van der Waals surface area contributed by atoms with E-state index < -0.39 is 18.6 Å². The van der Waals surface area contributed by atoms with Gasteiger partial charge in [-0.3, -0.25) is 9.78 Å². The van der Waals surface area contributed by atoms with Crippen LogP contribution < -0.4 is 10.6 Å². The number of pyridine rings is 2. The van der Waals surface area contributed by atoms with Crippen LogP contribution in [-0.2, 0) is 0 Å². The highest BCUT2D eigenvalue weighted by atomic mass is 32.1. The topological polar surface area (TPSA) is 79.8 Å². The van der Waals surface area contributed by atoms with E-state index in [1.54, 1.807) is 6.20 Å². The molecule has 6 nitrogen and oxygen atoms in total. The maximum absolute atomic E-state index is 12.2. The highest BCUT2D eigenvalue weighted by Crippen LogP contribution is 2.30. The van der Waals surface area contributed by atoms with Crippen molar-refractivity contribution in [3.05, 3.63) is 53.2 Å². The van der Waals surface area contributed by atoms with Crippen LogP contribution in [0.15, 0.2) is 42.7 Å². The minimum Gasteiger partial charge on any atom is -0.343 e. The maximum atomic E-state index is 12.2. The molecule has 0 aliphatic carbocycles. The van der Waals surface area contributed by atoms with E-state index in [-0.39, 0.29) is 5.56 Å². The Bertz CT molecular complexity index is 943. The van der Waals surface area contributed by atoms with Gasteiger partial charge in [-0.15, -0.1) is 11.3 Å². The van der Waals surface area contributed by atoms with Crippen molar-refractivity contribution in [2.45, 2.75) is 13.1 Å². The zero-order valence-electron chi connectivity index (χ0n) is 14.0. The van der Waals surface area contributed by atoms with Gasteiger partial charge in [-0.1, -0.05) is 6.07 Å². The summed E-state index contributed by atoms with van der Waals surface area (Å²) in [7, 11) is 0. The SMILES string of the molecule is Cc1sc(Nc2cc(C(=O)NCC(F)(F)F)ccn2)nc1-c1ccccn1. The van der Waals surface area contributed by atoms with E-state index in [9.17, 15) is 18.0 Å². The van der Waals surface area contributed by atoms with Crippen molar-refractivity contribution in [1.29, 1.82) is 0 Å². The zero-order valence-corrected chi connectivity index (χ0v) is 14.9. The molecule has 0 aliphatic rings. The van der Waals surface area contributed by atoms with Gasteiger partial charge in [0.1, 0.15) is 18.1 Å². The number of aromatic nitrogens is 3. The Balaban J connectivity index is 1.74. The molecule has 3 heterocycles. The molecule has 0 unspecified atom stereocenters. The maximum Gasteiger partial charge on any atom is 0.405 e. The second-order valence-electron chi connectivity index (χ2n) is 5.49. The number of carbonyl (C=O) groups is 1. The molecule has 3 aromatic heterocycles. The number of hydrogen-bond donors (Lipinski definition) is 2. The molecular weight excluding hydrogens is 379 g/mol. The van der Waals surface area contributed by atoms with Crippen molar-refractivity contribution in [2.75, 3.05) is 11.9 Å². The first kappa shape index (κ1) is 18.8. The molecule has 0 aliphatic heterocycles. The van der Waals surface area contributed by atoms with Crippen molar-refractivity contribution in [3.63, 3.8) is 0 Å². The number of nitrogens with one attached hydrogen (secondary N) is 2. The van der Waals surface area contributed by atoms with Gasteiger partial charge < -0.3 is 10.6 Å². The number of rotatable bonds is 5. The van der Waals surface area contributed by atoms with Crippen LogP contribution in [0.4, 0.5) is 24.1 Å². The zero-order chi connectivity index (χ0) is 19.4. The van der Waals surface area contributed by atoms with Crippen molar-refractivity contribution in [2.24, 2.45) is 0 Å². The lowest BCUT2D eigenvalue weighted by Gasteiger charge is -2.09. The molecule has 0 aromatic carbocycles. The van der Waals surface area contributed by atoms with Gasteiger partial charge in [-0.05, 0) is 31.2 Å².